The van der Waals surface area contributed by atoms with Crippen LogP contribution in [0.25, 0.3) is 10.9 Å². The summed E-state index contributed by atoms with van der Waals surface area (Å²) in [5.74, 6) is -0.659. The van der Waals surface area contributed by atoms with Crippen molar-refractivity contribution in [2.45, 2.75) is 45.1 Å². The normalized spacial score (nSPS) is 14.8. The molecule has 1 atom stereocenters. The highest BCUT2D eigenvalue weighted by molar-refractivity contribution is 6.19. The van der Waals surface area contributed by atoms with Crippen molar-refractivity contribution in [3.63, 3.8) is 0 Å². The Kier molecular flexibility index (Phi) is 7.20. The highest BCUT2D eigenvalue weighted by atomic mass is 19.1. The number of anilines is 2. The number of hydrogen-bond donors (Lipinski definition) is 2. The van der Waals surface area contributed by atoms with E-state index in [1.54, 1.807) is 43.2 Å². The maximum Gasteiger partial charge on any atom is 0.255 e. The standard InChI is InChI=1S/C30H32BFN8O/c1-29(2,3)17-35-26-18(14-33)15-34-27-23(26)12-21(13-24(27)28(41)39(4)5)36-30(31,19-6-8-20(32)9-7-19)25-16-40(38-37-25)22-10-11-22/h6-9,12-13,15-16,22,36H,10-11,17H2,1-5H3,(H,34,35). The van der Waals surface area contributed by atoms with Crippen molar-refractivity contribution in [2.24, 2.45) is 5.41 Å². The number of nitrogens with one attached hydrogen (secondary N) is 2. The molecule has 0 spiro atoms. The third-order valence-electron chi connectivity index (χ3n) is 7.00. The second-order valence-corrected chi connectivity index (χ2v) is 11.9. The summed E-state index contributed by atoms with van der Waals surface area (Å²) in [6.07, 6.45) is 5.31. The number of benzene rings is 2. The number of halogens is 1. The predicted molar refractivity (Wildman–Crippen MR) is 157 cm³/mol. The topological polar surface area (TPSA) is 112 Å². The van der Waals surface area contributed by atoms with E-state index in [4.69, 9.17) is 7.85 Å². The maximum atomic E-state index is 13.9. The molecule has 1 saturated carbocycles. The van der Waals surface area contributed by atoms with Crippen LogP contribution in [-0.2, 0) is 5.44 Å². The lowest BCUT2D eigenvalue weighted by atomic mass is 9.69. The Hall–Kier alpha value is -4.46. The first-order chi connectivity index (χ1) is 19.4. The van der Waals surface area contributed by atoms with Crippen LogP contribution in [0.4, 0.5) is 15.8 Å². The summed E-state index contributed by atoms with van der Waals surface area (Å²) in [7, 11) is 10.4. The molecule has 1 unspecified atom stereocenters. The number of nitrogens with zero attached hydrogens (tertiary/aromatic N) is 6. The van der Waals surface area contributed by atoms with Crippen molar-refractivity contribution in [1.82, 2.24) is 24.9 Å². The Morgan fingerprint density at radius 3 is 2.54 bits per heavy atom. The minimum atomic E-state index is -1.42. The molecule has 2 radical (unpaired) electrons. The monoisotopic (exact) mass is 550 g/mol. The summed E-state index contributed by atoms with van der Waals surface area (Å²) in [5, 5.41) is 26.0. The Morgan fingerprint density at radius 2 is 1.93 bits per heavy atom. The molecule has 0 aliphatic heterocycles. The van der Waals surface area contributed by atoms with E-state index in [0.717, 1.165) is 12.8 Å². The molecule has 9 nitrogen and oxygen atoms in total. The summed E-state index contributed by atoms with van der Waals surface area (Å²) in [4.78, 5) is 19.4. The average molecular weight is 550 g/mol. The molecule has 41 heavy (non-hydrogen) atoms. The second kappa shape index (κ2) is 10.5. The lowest BCUT2D eigenvalue weighted by Crippen LogP contribution is -2.38. The van der Waals surface area contributed by atoms with E-state index in [1.807, 2.05) is 6.07 Å². The zero-order chi connectivity index (χ0) is 29.5. The summed E-state index contributed by atoms with van der Waals surface area (Å²) >= 11 is 0. The van der Waals surface area contributed by atoms with Crippen molar-refractivity contribution in [1.29, 1.82) is 5.26 Å². The number of hydrogen-bond acceptors (Lipinski definition) is 7. The molecule has 0 saturated heterocycles. The summed E-state index contributed by atoms with van der Waals surface area (Å²) < 4.78 is 15.7. The average Bonchev–Trinajstić information content (AvgIpc) is 3.65. The van der Waals surface area contributed by atoms with Gasteiger partial charge in [0.15, 0.2) is 0 Å². The van der Waals surface area contributed by atoms with Crippen molar-refractivity contribution in [3.8, 4) is 6.07 Å². The molecule has 2 heterocycles. The lowest BCUT2D eigenvalue weighted by molar-refractivity contribution is 0.0829. The van der Waals surface area contributed by atoms with Gasteiger partial charge < -0.3 is 15.5 Å². The summed E-state index contributed by atoms with van der Waals surface area (Å²) in [6, 6.07) is 11.9. The predicted octanol–water partition coefficient (Wildman–Crippen LogP) is 4.81. The molecule has 4 aromatic rings. The zero-order valence-electron chi connectivity index (χ0n) is 23.9. The van der Waals surface area contributed by atoms with Crippen molar-refractivity contribution < 1.29 is 9.18 Å². The molecule has 1 amide bonds. The van der Waals surface area contributed by atoms with Crippen LogP contribution in [0.15, 0.2) is 48.8 Å². The summed E-state index contributed by atoms with van der Waals surface area (Å²) in [6.45, 7) is 6.84. The second-order valence-electron chi connectivity index (χ2n) is 11.9. The first-order valence-electron chi connectivity index (χ1n) is 13.5. The van der Waals surface area contributed by atoms with Gasteiger partial charge in [-0.3, -0.25) is 9.78 Å². The molecule has 2 N–H and O–H groups in total. The van der Waals surface area contributed by atoms with E-state index < -0.39 is 11.3 Å². The number of fused-ring (bicyclic) bond motifs is 1. The first kappa shape index (κ1) is 28.1. The van der Waals surface area contributed by atoms with Crippen LogP contribution in [0.3, 0.4) is 0 Å². The third-order valence-corrected chi connectivity index (χ3v) is 7.00. The molecular weight excluding hydrogens is 518 g/mol. The van der Waals surface area contributed by atoms with Crippen molar-refractivity contribution in [3.05, 3.63) is 77.0 Å². The number of amides is 1. The maximum absolute atomic E-state index is 13.9. The Morgan fingerprint density at radius 1 is 1.22 bits per heavy atom. The molecule has 5 rings (SSSR count). The van der Waals surface area contributed by atoms with Gasteiger partial charge in [-0.1, -0.05) is 38.1 Å². The van der Waals surface area contributed by atoms with E-state index in [0.29, 0.717) is 51.2 Å². The van der Waals surface area contributed by atoms with Crippen LogP contribution >= 0.6 is 0 Å². The molecule has 0 bridgehead atoms. The van der Waals surface area contributed by atoms with E-state index >= 15 is 0 Å². The molecule has 1 aliphatic carbocycles. The fourth-order valence-corrected chi connectivity index (χ4v) is 4.61. The van der Waals surface area contributed by atoms with Crippen LogP contribution in [0.5, 0.6) is 0 Å². The Labute approximate surface area is 240 Å². The number of pyridine rings is 1. The third kappa shape index (κ3) is 5.73. The van der Waals surface area contributed by atoms with Crippen LogP contribution in [0.1, 0.15) is 66.8 Å². The van der Waals surface area contributed by atoms with Gasteiger partial charge in [-0.05, 0) is 48.1 Å². The van der Waals surface area contributed by atoms with Crippen LogP contribution < -0.4 is 10.6 Å². The fraction of sp³-hybridized carbons (Fsp3) is 0.367. The Balaban J connectivity index is 1.70. The number of rotatable bonds is 8. The number of carbonyl (C=O) groups is 1. The van der Waals surface area contributed by atoms with E-state index in [-0.39, 0.29) is 17.4 Å². The largest absolute Gasteiger partial charge is 0.383 e. The van der Waals surface area contributed by atoms with Crippen LogP contribution in [0, 0.1) is 22.6 Å². The highest BCUT2D eigenvalue weighted by Gasteiger charge is 2.34. The lowest BCUT2D eigenvalue weighted by Gasteiger charge is -2.32. The van der Waals surface area contributed by atoms with E-state index in [2.05, 4.69) is 52.8 Å². The molecule has 11 heteroatoms. The molecule has 1 fully saturated rings. The van der Waals surface area contributed by atoms with Crippen LogP contribution in [-0.4, -0.2) is 59.3 Å². The number of aromatic nitrogens is 4. The van der Waals surface area contributed by atoms with Gasteiger partial charge in [-0.25, -0.2) is 9.07 Å². The molecule has 208 valence electrons. The number of carbonyl (C=O) groups excluding carboxylic acids is 1. The van der Waals surface area contributed by atoms with Gasteiger partial charge >= 0.3 is 0 Å². The van der Waals surface area contributed by atoms with Gasteiger partial charge in [0.05, 0.1) is 40.0 Å². The van der Waals surface area contributed by atoms with Crippen molar-refractivity contribution >= 4 is 36.0 Å². The summed E-state index contributed by atoms with van der Waals surface area (Å²) in [5.41, 5.74) is 1.69. The SMILES string of the molecule is [B]C(Nc1cc(C(=O)N(C)C)c2ncc(C#N)c(NCC(C)(C)C)c2c1)(c1ccc(F)cc1)c1cn(C2CC2)nn1. The van der Waals surface area contributed by atoms with Gasteiger partial charge in [-0.15, -0.1) is 5.10 Å². The van der Waals surface area contributed by atoms with Gasteiger partial charge in [0.25, 0.3) is 5.91 Å². The molecule has 1 aliphatic rings. The van der Waals surface area contributed by atoms with Gasteiger partial charge in [0.1, 0.15) is 25.4 Å². The van der Waals surface area contributed by atoms with Crippen LogP contribution in [0.2, 0.25) is 0 Å². The molecule has 2 aromatic heterocycles. The minimum Gasteiger partial charge on any atom is -0.383 e. The highest BCUT2D eigenvalue weighted by Crippen LogP contribution is 2.38. The zero-order valence-corrected chi connectivity index (χ0v) is 23.9. The van der Waals surface area contributed by atoms with Gasteiger partial charge in [-0.2, -0.15) is 5.26 Å². The first-order valence-corrected chi connectivity index (χ1v) is 13.5. The molecule has 2 aromatic carbocycles. The minimum absolute atomic E-state index is 0.0805. The Bertz CT molecular complexity index is 1650. The van der Waals surface area contributed by atoms with Crippen molar-refractivity contribution in [2.75, 3.05) is 31.3 Å². The molecular formula is C30H32BFN8O. The van der Waals surface area contributed by atoms with E-state index in [1.165, 1.54) is 23.2 Å². The fourth-order valence-electron chi connectivity index (χ4n) is 4.61. The van der Waals surface area contributed by atoms with E-state index in [9.17, 15) is 14.4 Å². The quantitative estimate of drug-likeness (QED) is 0.303. The van der Waals surface area contributed by atoms with Gasteiger partial charge in [0, 0.05) is 37.9 Å². The smallest absolute Gasteiger partial charge is 0.255 e. The number of nitriles is 1. The van der Waals surface area contributed by atoms with Gasteiger partial charge in [0.2, 0.25) is 0 Å².